The van der Waals surface area contributed by atoms with Gasteiger partial charge < -0.3 is 39.7 Å². The molecule has 14 heteroatoms. The predicted molar refractivity (Wildman–Crippen MR) is 190 cm³/mol. The van der Waals surface area contributed by atoms with Crippen LogP contribution >= 0.6 is 0 Å². The molecule has 0 radical (unpaired) electrons. The third-order valence-electron chi connectivity index (χ3n) is 9.12. The highest BCUT2D eigenvalue weighted by Gasteiger charge is 2.40. The number of carbonyl (C=O) groups excluding carboxylic acids is 3. The lowest BCUT2D eigenvalue weighted by Crippen LogP contribution is -2.40. The van der Waals surface area contributed by atoms with Gasteiger partial charge in [0.1, 0.15) is 6.04 Å². The molecule has 3 rings (SSSR count). The maximum Gasteiger partial charge on any atom is 0.338 e. The fraction of sp³-hybridized carbons (Fsp3) is 0.553. The third-order valence-corrected chi connectivity index (χ3v) is 9.12. The average molecular weight is 729 g/mol. The monoisotopic (exact) mass is 728 g/mol. The van der Waals surface area contributed by atoms with Crippen LogP contribution in [-0.2, 0) is 25.6 Å². The topological polar surface area (TPSA) is 204 Å². The summed E-state index contributed by atoms with van der Waals surface area (Å²) in [5.41, 5.74) is 1.32. The molecule has 286 valence electrons. The highest BCUT2D eigenvalue weighted by Crippen LogP contribution is 2.38. The van der Waals surface area contributed by atoms with Gasteiger partial charge >= 0.3 is 11.9 Å². The maximum atomic E-state index is 12.7. The molecule has 1 amide bonds. The van der Waals surface area contributed by atoms with Crippen LogP contribution in [-0.4, -0.2) is 82.9 Å². The summed E-state index contributed by atoms with van der Waals surface area (Å²) in [4.78, 5) is 51.9. The minimum atomic E-state index is -0.958. The fourth-order valence-corrected chi connectivity index (χ4v) is 6.20. The number of methoxy groups -OCH3 is 1. The number of ether oxygens (including phenoxy) is 3. The first kappa shape index (κ1) is 41.9. The summed E-state index contributed by atoms with van der Waals surface area (Å²) < 4.78 is 15.8. The van der Waals surface area contributed by atoms with Crippen LogP contribution in [0.5, 0.6) is 11.5 Å². The van der Waals surface area contributed by atoms with Crippen molar-refractivity contribution >= 4 is 17.8 Å². The summed E-state index contributed by atoms with van der Waals surface area (Å²) in [5.74, 6) is -1.75. The van der Waals surface area contributed by atoms with Gasteiger partial charge in [-0.3, -0.25) is 4.79 Å². The van der Waals surface area contributed by atoms with E-state index in [0.717, 1.165) is 6.42 Å². The number of aliphatic hydroxyl groups excluding tert-OH is 3. The molecule has 0 aliphatic heterocycles. The summed E-state index contributed by atoms with van der Waals surface area (Å²) in [6.07, 6.45) is 7.82. The summed E-state index contributed by atoms with van der Waals surface area (Å²) in [7, 11) is 1.34. The zero-order valence-electron chi connectivity index (χ0n) is 29.9. The molecule has 0 saturated heterocycles. The van der Waals surface area contributed by atoms with E-state index in [1.54, 1.807) is 0 Å². The molecule has 1 unspecified atom stereocenters. The Morgan fingerprint density at radius 1 is 0.981 bits per heavy atom. The molecule has 1 aliphatic rings. The second kappa shape index (κ2) is 22.4. The van der Waals surface area contributed by atoms with Crippen LogP contribution in [0.3, 0.4) is 0 Å². The Bertz CT molecular complexity index is 1450. The maximum absolute atomic E-state index is 12.7. The second-order valence-electron chi connectivity index (χ2n) is 13.0. The Hall–Kier alpha value is -4.53. The number of hydrogen-bond acceptors (Lipinski definition) is 12. The number of aliphatic hydroxyl groups is 3. The molecule has 1 fully saturated rings. The van der Waals surface area contributed by atoms with Crippen molar-refractivity contribution in [2.45, 2.75) is 102 Å². The summed E-state index contributed by atoms with van der Waals surface area (Å²) in [6.45, 7) is 1.43. The number of carbonyl (C=O) groups is 3. The molecule has 2 aromatic carbocycles. The molecule has 1 saturated carbocycles. The minimum Gasteiger partial charge on any atom is -0.493 e. The van der Waals surface area contributed by atoms with Crippen molar-refractivity contribution in [1.82, 2.24) is 5.32 Å². The number of rotatable bonds is 23. The van der Waals surface area contributed by atoms with Gasteiger partial charge in [0, 0.05) is 6.42 Å². The SMILES string of the molecule is COc1cc(C(=O)OCCCCO[N+](=O)[O-])ccc1OC(=O)C(C)NC(=O)CCCC=CC[C@@H]1[C@@H](CC[C@@H](O)CCc2ccccc2)[C@H](O)C[C@@H]1O. The smallest absolute Gasteiger partial charge is 0.338 e. The molecule has 52 heavy (non-hydrogen) atoms. The van der Waals surface area contributed by atoms with Gasteiger partial charge in [-0.15, -0.1) is 10.1 Å². The number of aryl methyl sites for hydroxylation is 1. The molecule has 0 aromatic heterocycles. The van der Waals surface area contributed by atoms with E-state index in [0.29, 0.717) is 57.8 Å². The molecule has 6 atom stereocenters. The average Bonchev–Trinajstić information content (AvgIpc) is 3.40. The van der Waals surface area contributed by atoms with Crippen LogP contribution < -0.4 is 14.8 Å². The van der Waals surface area contributed by atoms with E-state index in [2.05, 4.69) is 10.2 Å². The lowest BCUT2D eigenvalue weighted by atomic mass is 9.85. The van der Waals surface area contributed by atoms with Crippen molar-refractivity contribution in [1.29, 1.82) is 0 Å². The number of hydrogen-bond donors (Lipinski definition) is 4. The molecular formula is C38H52N2O12. The molecule has 4 N–H and O–H groups in total. The first-order valence-corrected chi connectivity index (χ1v) is 17.8. The second-order valence-corrected chi connectivity index (χ2v) is 13.0. The van der Waals surface area contributed by atoms with Crippen LogP contribution in [0.1, 0.15) is 87.1 Å². The van der Waals surface area contributed by atoms with Crippen molar-refractivity contribution in [3.8, 4) is 11.5 Å². The molecule has 1 aliphatic carbocycles. The molecule has 0 bridgehead atoms. The van der Waals surface area contributed by atoms with Crippen molar-refractivity contribution in [2.24, 2.45) is 11.8 Å². The van der Waals surface area contributed by atoms with Crippen molar-refractivity contribution in [3.63, 3.8) is 0 Å². The van der Waals surface area contributed by atoms with Gasteiger partial charge in [0.05, 0.1) is 44.2 Å². The normalized spacial score (nSPS) is 19.5. The van der Waals surface area contributed by atoms with E-state index in [9.17, 15) is 39.8 Å². The van der Waals surface area contributed by atoms with Crippen LogP contribution in [0.25, 0.3) is 0 Å². The van der Waals surface area contributed by atoms with Gasteiger partial charge in [-0.25, -0.2) is 9.59 Å². The Balaban J connectivity index is 1.34. The Labute approximate surface area is 304 Å². The van der Waals surface area contributed by atoms with Gasteiger partial charge in [0.15, 0.2) is 11.5 Å². The van der Waals surface area contributed by atoms with E-state index >= 15 is 0 Å². The zero-order chi connectivity index (χ0) is 37.9. The number of nitrogens with zero attached hydrogens (tertiary/aromatic N) is 1. The highest BCUT2D eigenvalue weighted by molar-refractivity contribution is 5.90. The summed E-state index contributed by atoms with van der Waals surface area (Å²) in [5, 5.41) is 43.6. The van der Waals surface area contributed by atoms with Gasteiger partial charge in [-0.2, -0.15) is 0 Å². The van der Waals surface area contributed by atoms with Crippen LogP contribution in [0.2, 0.25) is 0 Å². The van der Waals surface area contributed by atoms with E-state index in [1.165, 1.54) is 37.8 Å². The first-order valence-electron chi connectivity index (χ1n) is 17.8. The number of nitrogens with one attached hydrogen (secondary N) is 1. The molecule has 0 heterocycles. The van der Waals surface area contributed by atoms with Crippen LogP contribution in [0.15, 0.2) is 60.7 Å². The third kappa shape index (κ3) is 14.6. The number of unbranched alkanes of at least 4 members (excludes halogenated alkanes) is 2. The fourth-order valence-electron chi connectivity index (χ4n) is 6.20. The van der Waals surface area contributed by atoms with E-state index in [4.69, 9.17) is 14.2 Å². The number of benzene rings is 2. The standard InChI is InChI=1S/C38H52N2O12/c1-26(37(45)52-34-21-17-28(24-35(34)49-2)38(46)50-22-10-11-23-51-40(47)48)39-36(44)15-9-4-3-8-14-30-31(33(43)25-32(30)42)20-19-29(41)18-16-27-12-6-5-7-13-27/h3,5-8,12-13,17,21,24,26,29-33,41-43H,4,9-11,14-16,18-20,22-23,25H2,1-2H3,(H,39,44)/t26?,29-,30+,31+,32-,33+/m0/s1. The Kier molecular flexibility index (Phi) is 18.1. The predicted octanol–water partition coefficient (Wildman–Crippen LogP) is 4.50. The molecular weight excluding hydrogens is 676 g/mol. The molecule has 2 aromatic rings. The first-order chi connectivity index (χ1) is 25.0. The van der Waals surface area contributed by atoms with Gasteiger partial charge in [-0.05, 0) is 107 Å². The van der Waals surface area contributed by atoms with Crippen molar-refractivity contribution in [3.05, 3.63) is 81.9 Å². The highest BCUT2D eigenvalue weighted by atomic mass is 16.9. The molecule has 0 spiro atoms. The minimum absolute atomic E-state index is 0.0332. The van der Waals surface area contributed by atoms with E-state index in [-0.39, 0.29) is 54.4 Å². The largest absolute Gasteiger partial charge is 0.493 e. The van der Waals surface area contributed by atoms with E-state index < -0.39 is 41.4 Å². The quantitative estimate of drug-likeness (QED) is 0.0312. The van der Waals surface area contributed by atoms with Crippen LogP contribution in [0.4, 0.5) is 0 Å². The Morgan fingerprint density at radius 2 is 1.71 bits per heavy atom. The number of esters is 2. The van der Waals surface area contributed by atoms with Gasteiger partial charge in [-0.1, -0.05) is 42.5 Å². The number of allylic oxidation sites excluding steroid dienone is 2. The zero-order valence-corrected chi connectivity index (χ0v) is 29.9. The lowest BCUT2D eigenvalue weighted by Gasteiger charge is -2.23. The van der Waals surface area contributed by atoms with Crippen molar-refractivity contribution < 1.29 is 53.8 Å². The van der Waals surface area contributed by atoms with Gasteiger partial charge in [0.25, 0.3) is 5.09 Å². The number of amides is 1. The van der Waals surface area contributed by atoms with Gasteiger partial charge in [0.2, 0.25) is 5.91 Å². The summed E-state index contributed by atoms with van der Waals surface area (Å²) >= 11 is 0. The van der Waals surface area contributed by atoms with Crippen LogP contribution in [0, 0.1) is 22.0 Å². The van der Waals surface area contributed by atoms with Crippen molar-refractivity contribution in [2.75, 3.05) is 20.3 Å². The Morgan fingerprint density at radius 3 is 2.44 bits per heavy atom. The lowest BCUT2D eigenvalue weighted by molar-refractivity contribution is -0.757. The molecule has 14 nitrogen and oxygen atoms in total. The van der Waals surface area contributed by atoms with E-state index in [1.807, 2.05) is 42.5 Å². The summed E-state index contributed by atoms with van der Waals surface area (Å²) in [6, 6.07) is 13.2.